The Morgan fingerprint density at radius 2 is 1.95 bits per heavy atom. The lowest BCUT2D eigenvalue weighted by Gasteiger charge is -2.35. The third-order valence-corrected chi connectivity index (χ3v) is 3.50. The lowest BCUT2D eigenvalue weighted by Crippen LogP contribution is -2.48. The van der Waals surface area contributed by atoms with Crippen LogP contribution in [0.25, 0.3) is 0 Å². The maximum atomic E-state index is 12.0. The summed E-state index contributed by atoms with van der Waals surface area (Å²) in [6.45, 7) is 5.25. The standard InChI is InChI=1S/C13H23N5O.2ClH/c1-11(14)3-4-13(19)18-7-5-17(6-8-18)12-9-15-16(2)10-12;;/h9-11H,3-8,14H2,1-2H3;2*1H. The Kier molecular flexibility index (Phi) is 8.70. The second kappa shape index (κ2) is 9.12. The van der Waals surface area contributed by atoms with Crippen LogP contribution in [-0.4, -0.2) is 52.8 Å². The topological polar surface area (TPSA) is 67.4 Å². The van der Waals surface area contributed by atoms with E-state index in [1.54, 1.807) is 4.68 Å². The molecule has 0 aliphatic carbocycles. The Labute approximate surface area is 138 Å². The fraction of sp³-hybridized carbons (Fsp3) is 0.692. The zero-order valence-corrected chi connectivity index (χ0v) is 14.2. The van der Waals surface area contributed by atoms with E-state index in [0.717, 1.165) is 38.3 Å². The van der Waals surface area contributed by atoms with Crippen LogP contribution in [0.1, 0.15) is 19.8 Å². The average Bonchev–Trinajstić information content (AvgIpc) is 2.83. The molecule has 1 unspecified atom stereocenters. The summed E-state index contributed by atoms with van der Waals surface area (Å²) < 4.78 is 1.80. The monoisotopic (exact) mass is 337 g/mol. The van der Waals surface area contributed by atoms with Crippen LogP contribution in [0.15, 0.2) is 12.4 Å². The van der Waals surface area contributed by atoms with E-state index in [1.165, 1.54) is 0 Å². The molecule has 0 bridgehead atoms. The third-order valence-electron chi connectivity index (χ3n) is 3.50. The number of nitrogens with two attached hydrogens (primary N) is 1. The number of nitrogens with zero attached hydrogens (tertiary/aromatic N) is 4. The van der Waals surface area contributed by atoms with Crippen molar-refractivity contribution in [1.29, 1.82) is 0 Å². The molecular formula is C13H25Cl2N5O. The molecule has 1 amide bonds. The van der Waals surface area contributed by atoms with E-state index in [-0.39, 0.29) is 36.8 Å². The molecule has 21 heavy (non-hydrogen) atoms. The van der Waals surface area contributed by atoms with Gasteiger partial charge in [0, 0.05) is 51.9 Å². The second-order valence-electron chi connectivity index (χ2n) is 5.26. The van der Waals surface area contributed by atoms with Gasteiger partial charge < -0.3 is 15.5 Å². The molecule has 2 N–H and O–H groups in total. The minimum absolute atomic E-state index is 0. The van der Waals surface area contributed by atoms with E-state index >= 15 is 0 Å². The number of hydrogen-bond donors (Lipinski definition) is 1. The first-order valence-electron chi connectivity index (χ1n) is 6.83. The van der Waals surface area contributed by atoms with Crippen LogP contribution >= 0.6 is 24.8 Å². The summed E-state index contributed by atoms with van der Waals surface area (Å²) in [7, 11) is 1.91. The third kappa shape index (κ3) is 5.73. The normalized spacial score (nSPS) is 16.0. The molecule has 0 saturated carbocycles. The second-order valence-corrected chi connectivity index (χ2v) is 5.26. The molecule has 2 rings (SSSR count). The summed E-state index contributed by atoms with van der Waals surface area (Å²) in [5.41, 5.74) is 6.81. The predicted octanol–water partition coefficient (Wildman–Crippen LogP) is 1.04. The zero-order chi connectivity index (χ0) is 13.8. The van der Waals surface area contributed by atoms with Crippen LogP contribution in [0.3, 0.4) is 0 Å². The average molecular weight is 338 g/mol. The highest BCUT2D eigenvalue weighted by Crippen LogP contribution is 2.15. The summed E-state index contributed by atoms with van der Waals surface area (Å²) in [6, 6.07) is 0.0978. The maximum Gasteiger partial charge on any atom is 0.222 e. The number of carbonyl (C=O) groups excluding carboxylic acids is 1. The van der Waals surface area contributed by atoms with Crippen LogP contribution in [-0.2, 0) is 11.8 Å². The Hall–Kier alpha value is -0.980. The molecule has 0 radical (unpaired) electrons. The zero-order valence-electron chi connectivity index (χ0n) is 12.6. The van der Waals surface area contributed by atoms with Crippen molar-refractivity contribution in [3.8, 4) is 0 Å². The molecule has 8 heteroatoms. The lowest BCUT2D eigenvalue weighted by atomic mass is 10.1. The molecule has 1 aromatic rings. The van der Waals surface area contributed by atoms with Crippen LogP contribution < -0.4 is 10.6 Å². The van der Waals surface area contributed by atoms with Gasteiger partial charge in [0.05, 0.1) is 11.9 Å². The van der Waals surface area contributed by atoms with Crippen molar-refractivity contribution in [3.63, 3.8) is 0 Å². The van der Waals surface area contributed by atoms with E-state index in [9.17, 15) is 4.79 Å². The van der Waals surface area contributed by atoms with Gasteiger partial charge in [-0.2, -0.15) is 5.10 Å². The fourth-order valence-corrected chi connectivity index (χ4v) is 2.29. The Morgan fingerprint density at radius 1 is 1.33 bits per heavy atom. The number of aromatic nitrogens is 2. The van der Waals surface area contributed by atoms with Crippen molar-refractivity contribution < 1.29 is 4.79 Å². The highest BCUT2D eigenvalue weighted by Gasteiger charge is 2.21. The van der Waals surface area contributed by atoms with Crippen molar-refractivity contribution in [2.75, 3.05) is 31.1 Å². The molecule has 122 valence electrons. The van der Waals surface area contributed by atoms with Gasteiger partial charge in [0.1, 0.15) is 0 Å². The fourth-order valence-electron chi connectivity index (χ4n) is 2.29. The Morgan fingerprint density at radius 3 is 2.43 bits per heavy atom. The van der Waals surface area contributed by atoms with Gasteiger partial charge in [-0.1, -0.05) is 0 Å². The maximum absolute atomic E-state index is 12.0. The molecule has 1 fully saturated rings. The molecule has 2 heterocycles. The van der Waals surface area contributed by atoms with Gasteiger partial charge in [0.2, 0.25) is 5.91 Å². The van der Waals surface area contributed by atoms with Crippen molar-refractivity contribution in [2.45, 2.75) is 25.8 Å². The van der Waals surface area contributed by atoms with Gasteiger partial charge in [0.25, 0.3) is 0 Å². The largest absolute Gasteiger partial charge is 0.365 e. The Bertz CT molecular complexity index is 430. The van der Waals surface area contributed by atoms with Crippen LogP contribution in [0.2, 0.25) is 0 Å². The molecule has 0 aromatic carbocycles. The van der Waals surface area contributed by atoms with Crippen molar-refractivity contribution in [3.05, 3.63) is 12.4 Å². The van der Waals surface area contributed by atoms with Crippen molar-refractivity contribution in [1.82, 2.24) is 14.7 Å². The van der Waals surface area contributed by atoms with E-state index in [1.807, 2.05) is 31.3 Å². The van der Waals surface area contributed by atoms with Crippen LogP contribution in [0.4, 0.5) is 5.69 Å². The molecule has 1 aliphatic rings. The van der Waals surface area contributed by atoms with E-state index in [4.69, 9.17) is 5.73 Å². The molecule has 1 aliphatic heterocycles. The number of aryl methyl sites for hydroxylation is 1. The van der Waals surface area contributed by atoms with E-state index in [0.29, 0.717) is 6.42 Å². The molecular weight excluding hydrogens is 313 g/mol. The van der Waals surface area contributed by atoms with Gasteiger partial charge in [-0.15, -0.1) is 24.8 Å². The number of piperazine rings is 1. The summed E-state index contributed by atoms with van der Waals surface area (Å²) in [5.74, 6) is 0.225. The minimum atomic E-state index is 0. The summed E-state index contributed by atoms with van der Waals surface area (Å²) in [6.07, 6.45) is 5.20. The quantitative estimate of drug-likeness (QED) is 0.891. The molecule has 6 nitrogen and oxygen atoms in total. The highest BCUT2D eigenvalue weighted by atomic mass is 35.5. The van der Waals surface area contributed by atoms with Crippen molar-refractivity contribution in [2.24, 2.45) is 12.8 Å². The number of anilines is 1. The van der Waals surface area contributed by atoms with Gasteiger partial charge in [-0.05, 0) is 13.3 Å². The molecule has 1 saturated heterocycles. The van der Waals surface area contributed by atoms with E-state index in [2.05, 4.69) is 10.00 Å². The van der Waals surface area contributed by atoms with Crippen molar-refractivity contribution >= 4 is 36.4 Å². The Balaban J connectivity index is 0.00000200. The molecule has 0 spiro atoms. The summed E-state index contributed by atoms with van der Waals surface area (Å²) >= 11 is 0. The number of rotatable bonds is 4. The number of halogens is 2. The molecule has 1 atom stereocenters. The van der Waals surface area contributed by atoms with Gasteiger partial charge >= 0.3 is 0 Å². The predicted molar refractivity (Wildman–Crippen MR) is 89.4 cm³/mol. The minimum Gasteiger partial charge on any atom is -0.365 e. The first-order chi connectivity index (χ1) is 9.06. The first-order valence-corrected chi connectivity index (χ1v) is 6.83. The van der Waals surface area contributed by atoms with Crippen LogP contribution in [0.5, 0.6) is 0 Å². The number of carbonyl (C=O) groups is 1. The van der Waals surface area contributed by atoms with Gasteiger partial charge in [-0.3, -0.25) is 9.48 Å². The smallest absolute Gasteiger partial charge is 0.222 e. The number of amides is 1. The van der Waals surface area contributed by atoms with E-state index < -0.39 is 0 Å². The highest BCUT2D eigenvalue weighted by molar-refractivity contribution is 5.85. The van der Waals surface area contributed by atoms with Gasteiger partial charge in [-0.25, -0.2) is 0 Å². The molecule has 1 aromatic heterocycles. The summed E-state index contributed by atoms with van der Waals surface area (Å²) in [4.78, 5) is 16.2. The first kappa shape index (κ1) is 20.0. The van der Waals surface area contributed by atoms with Gasteiger partial charge in [0.15, 0.2) is 0 Å². The summed E-state index contributed by atoms with van der Waals surface area (Å²) in [5, 5.41) is 4.18. The van der Waals surface area contributed by atoms with Crippen LogP contribution in [0, 0.1) is 0 Å². The SMILES string of the molecule is CC(N)CCC(=O)N1CCN(c2cnn(C)c2)CC1.Cl.Cl. The number of hydrogen-bond acceptors (Lipinski definition) is 4. The lowest BCUT2D eigenvalue weighted by molar-refractivity contribution is -0.131.